The lowest BCUT2D eigenvalue weighted by molar-refractivity contribution is 0.147. The number of rotatable bonds is 5. The van der Waals surface area contributed by atoms with Gasteiger partial charge in [0.1, 0.15) is 10.8 Å². The number of halogens is 1. The normalized spacial score (nSPS) is 20.3. The monoisotopic (exact) mass is 553 g/mol. The molecule has 204 valence electrons. The Balaban J connectivity index is 1.38. The Kier molecular flexibility index (Phi) is 7.15. The molecular formula is C34H32FNO3S. The second kappa shape index (κ2) is 10.8. The highest BCUT2D eigenvalue weighted by Crippen LogP contribution is 2.51. The van der Waals surface area contributed by atoms with Gasteiger partial charge in [0, 0.05) is 24.2 Å². The Hall–Kier alpha value is -3.61. The Labute approximate surface area is 238 Å². The number of thioether (sulfide) groups is 1. The van der Waals surface area contributed by atoms with Crippen LogP contribution in [0.3, 0.4) is 0 Å². The highest BCUT2D eigenvalue weighted by molar-refractivity contribution is 8.03. The second-order valence-electron chi connectivity index (χ2n) is 10.6. The van der Waals surface area contributed by atoms with Crippen LogP contribution in [0.25, 0.3) is 27.1 Å². The van der Waals surface area contributed by atoms with E-state index in [1.807, 2.05) is 24.5 Å². The van der Waals surface area contributed by atoms with Gasteiger partial charge in [0.15, 0.2) is 0 Å². The highest BCUT2D eigenvalue weighted by atomic mass is 32.2. The molecule has 1 heterocycles. The molecule has 0 radical (unpaired) electrons. The Morgan fingerprint density at radius 2 is 1.93 bits per heavy atom. The summed E-state index contributed by atoms with van der Waals surface area (Å²) in [5.74, 6) is -0.605. The van der Waals surface area contributed by atoms with E-state index in [0.29, 0.717) is 29.9 Å². The smallest absolute Gasteiger partial charge is 0.414 e. The number of anilines is 1. The molecule has 6 heteroatoms. The summed E-state index contributed by atoms with van der Waals surface area (Å²) >= 11 is 1.38. The second-order valence-corrected chi connectivity index (χ2v) is 11.7. The number of fused-ring (bicyclic) bond motifs is 5. The lowest BCUT2D eigenvalue weighted by atomic mass is 9.76. The summed E-state index contributed by atoms with van der Waals surface area (Å²) in [4.78, 5) is 12.3. The Morgan fingerprint density at radius 1 is 1.10 bits per heavy atom. The lowest BCUT2D eigenvalue weighted by Gasteiger charge is -2.39. The molecule has 4 aromatic carbocycles. The summed E-state index contributed by atoms with van der Waals surface area (Å²) < 4.78 is 20.6. The van der Waals surface area contributed by atoms with E-state index in [-0.39, 0.29) is 5.92 Å². The molecule has 2 unspecified atom stereocenters. The predicted molar refractivity (Wildman–Crippen MR) is 163 cm³/mol. The van der Waals surface area contributed by atoms with Gasteiger partial charge in [0.25, 0.3) is 0 Å². The van der Waals surface area contributed by atoms with Gasteiger partial charge in [-0.1, -0.05) is 67.2 Å². The minimum absolute atomic E-state index is 0.145. The van der Waals surface area contributed by atoms with E-state index < -0.39 is 16.8 Å². The van der Waals surface area contributed by atoms with Crippen molar-refractivity contribution in [3.05, 3.63) is 107 Å². The molecule has 2 aliphatic rings. The van der Waals surface area contributed by atoms with Gasteiger partial charge >= 0.3 is 6.09 Å². The van der Waals surface area contributed by atoms with Gasteiger partial charge in [-0.05, 0) is 99.7 Å². The summed E-state index contributed by atoms with van der Waals surface area (Å²) in [5.41, 5.74) is 3.88. The van der Waals surface area contributed by atoms with E-state index in [1.54, 1.807) is 19.2 Å². The first kappa shape index (κ1) is 26.6. The van der Waals surface area contributed by atoms with Gasteiger partial charge in [0.2, 0.25) is 0 Å². The maximum Gasteiger partial charge on any atom is 0.414 e. The molecule has 1 aliphatic heterocycles. The number of aryl methyl sites for hydroxylation is 1. The number of carbonyl (C=O) groups is 1. The summed E-state index contributed by atoms with van der Waals surface area (Å²) in [6, 6.07) is 21.9. The van der Waals surface area contributed by atoms with Crippen LogP contribution >= 0.6 is 11.8 Å². The van der Waals surface area contributed by atoms with Gasteiger partial charge in [0.05, 0.1) is 6.61 Å². The van der Waals surface area contributed by atoms with Gasteiger partial charge in [-0.15, -0.1) is 0 Å². The minimum atomic E-state index is -1.23. The SMILES string of the molecule is CCCOC(=O)N(C)c1ccc(C2=CC(O)(C3CCCc4ccc5c(ccc6ccccc65)c43)SC=C2)c(F)c1. The number of nitrogens with zero attached hydrogens (tertiary/aromatic N) is 1. The van der Waals surface area contributed by atoms with E-state index in [9.17, 15) is 9.90 Å². The molecule has 4 aromatic rings. The largest absolute Gasteiger partial charge is 0.449 e. The third kappa shape index (κ3) is 4.69. The number of hydrogen-bond acceptors (Lipinski definition) is 4. The van der Waals surface area contributed by atoms with Crippen molar-refractivity contribution in [2.75, 3.05) is 18.6 Å². The maximum absolute atomic E-state index is 15.5. The van der Waals surface area contributed by atoms with E-state index in [4.69, 9.17) is 4.74 Å². The van der Waals surface area contributed by atoms with Gasteiger partial charge in [-0.25, -0.2) is 9.18 Å². The van der Waals surface area contributed by atoms with Crippen molar-refractivity contribution >= 4 is 50.7 Å². The number of carbonyl (C=O) groups excluding carboxylic acids is 1. The van der Waals surface area contributed by atoms with Crippen molar-refractivity contribution in [3.63, 3.8) is 0 Å². The molecule has 1 aliphatic carbocycles. The van der Waals surface area contributed by atoms with Crippen LogP contribution in [0.15, 0.2) is 84.3 Å². The molecule has 40 heavy (non-hydrogen) atoms. The quantitative estimate of drug-likeness (QED) is 0.252. The van der Waals surface area contributed by atoms with Crippen molar-refractivity contribution in [2.24, 2.45) is 0 Å². The molecule has 1 N–H and O–H groups in total. The Bertz CT molecular complexity index is 1680. The van der Waals surface area contributed by atoms with Gasteiger partial charge in [-0.3, -0.25) is 4.90 Å². The van der Waals surface area contributed by atoms with Crippen molar-refractivity contribution in [2.45, 2.75) is 43.5 Å². The fourth-order valence-electron chi connectivity index (χ4n) is 6.05. The van der Waals surface area contributed by atoms with Crippen LogP contribution in [-0.4, -0.2) is 29.8 Å². The van der Waals surface area contributed by atoms with Crippen LogP contribution in [0.5, 0.6) is 0 Å². The fourth-order valence-corrected chi connectivity index (χ4v) is 7.08. The molecule has 0 saturated carbocycles. The number of hydrogen-bond donors (Lipinski definition) is 1. The average Bonchev–Trinajstić information content (AvgIpc) is 2.98. The predicted octanol–water partition coefficient (Wildman–Crippen LogP) is 8.57. The topological polar surface area (TPSA) is 49.8 Å². The number of amides is 1. The van der Waals surface area contributed by atoms with Crippen molar-refractivity contribution < 1.29 is 19.0 Å². The fraction of sp³-hybridized carbons (Fsp3) is 0.265. The highest BCUT2D eigenvalue weighted by Gasteiger charge is 2.41. The average molecular weight is 554 g/mol. The van der Waals surface area contributed by atoms with Gasteiger partial charge < -0.3 is 9.84 Å². The number of benzene rings is 4. The molecule has 0 bridgehead atoms. The number of ether oxygens (including phenoxy) is 1. The molecule has 0 fully saturated rings. The molecule has 0 saturated heterocycles. The zero-order valence-corrected chi connectivity index (χ0v) is 23.5. The summed E-state index contributed by atoms with van der Waals surface area (Å²) in [6.07, 6.45) is 6.65. The molecule has 4 nitrogen and oxygen atoms in total. The molecule has 6 rings (SSSR count). The minimum Gasteiger partial charge on any atom is -0.449 e. The van der Waals surface area contributed by atoms with Gasteiger partial charge in [-0.2, -0.15) is 0 Å². The third-order valence-corrected chi connectivity index (χ3v) is 9.12. The van der Waals surface area contributed by atoms with E-state index >= 15 is 4.39 Å². The molecule has 0 spiro atoms. The molecule has 0 aromatic heterocycles. The lowest BCUT2D eigenvalue weighted by Crippen LogP contribution is -2.34. The van der Waals surface area contributed by atoms with E-state index in [0.717, 1.165) is 19.3 Å². The van der Waals surface area contributed by atoms with E-state index in [2.05, 4.69) is 48.5 Å². The first-order valence-electron chi connectivity index (χ1n) is 13.8. The van der Waals surface area contributed by atoms with Crippen molar-refractivity contribution in [1.29, 1.82) is 0 Å². The Morgan fingerprint density at radius 3 is 2.75 bits per heavy atom. The van der Waals surface area contributed by atoms with Crippen molar-refractivity contribution in [3.8, 4) is 0 Å². The van der Waals surface area contributed by atoms with Crippen LogP contribution in [0.2, 0.25) is 0 Å². The molecule has 1 amide bonds. The van der Waals surface area contributed by atoms with E-state index in [1.165, 1.54) is 55.4 Å². The van der Waals surface area contributed by atoms with Crippen LogP contribution < -0.4 is 4.90 Å². The van der Waals surface area contributed by atoms with Crippen LogP contribution in [0, 0.1) is 5.82 Å². The zero-order valence-electron chi connectivity index (χ0n) is 22.7. The summed E-state index contributed by atoms with van der Waals surface area (Å²) in [5, 5.41) is 18.8. The van der Waals surface area contributed by atoms with Crippen molar-refractivity contribution in [1.82, 2.24) is 0 Å². The first-order valence-corrected chi connectivity index (χ1v) is 14.7. The van der Waals surface area contributed by atoms with Crippen LogP contribution in [0.4, 0.5) is 14.9 Å². The maximum atomic E-state index is 15.5. The standard InChI is InChI=1S/C34H32FNO3S/c1-3-18-39-33(37)36(2)25-13-16-27(31(35)20-25)24-17-19-40-34(38,21-24)30-10-6-8-23-12-14-28-26-9-5-4-7-22(26)11-15-29(28)32(23)30/h4-5,7,9,11-17,19-21,30,38H,3,6,8,10,18H2,1-2H3. The number of allylic oxidation sites excluding steroid dienone is 2. The number of aliphatic hydroxyl groups is 1. The molecular weight excluding hydrogens is 521 g/mol. The summed E-state index contributed by atoms with van der Waals surface area (Å²) in [7, 11) is 1.57. The first-order chi connectivity index (χ1) is 19.4. The third-order valence-electron chi connectivity index (χ3n) is 8.07. The summed E-state index contributed by atoms with van der Waals surface area (Å²) in [6.45, 7) is 2.23. The van der Waals surface area contributed by atoms with Crippen LogP contribution in [-0.2, 0) is 11.2 Å². The zero-order chi connectivity index (χ0) is 27.9. The molecule has 2 atom stereocenters. The van der Waals surface area contributed by atoms with Crippen LogP contribution in [0.1, 0.15) is 48.8 Å².